The maximum absolute atomic E-state index is 12.9. The van der Waals surface area contributed by atoms with Crippen molar-refractivity contribution in [3.63, 3.8) is 0 Å². The normalized spacial score (nSPS) is 12.0. The van der Waals surface area contributed by atoms with Gasteiger partial charge in [0.1, 0.15) is 5.82 Å². The maximum Gasteiger partial charge on any atom is 0.273 e. The molecule has 0 saturated carbocycles. The molecule has 0 aliphatic rings. The van der Waals surface area contributed by atoms with E-state index in [1.807, 2.05) is 0 Å². The first-order chi connectivity index (χ1) is 12.4. The van der Waals surface area contributed by atoms with Crippen molar-refractivity contribution in [3.05, 3.63) is 75.8 Å². The summed E-state index contributed by atoms with van der Waals surface area (Å²) in [5.41, 5.74) is 1.06. The topological polar surface area (TPSA) is 80.0 Å². The van der Waals surface area contributed by atoms with E-state index in [1.54, 1.807) is 18.2 Å². The molecule has 0 aliphatic carbocycles. The Morgan fingerprint density at radius 3 is 2.50 bits per heavy atom. The van der Waals surface area contributed by atoms with Crippen LogP contribution in [-0.4, -0.2) is 32.6 Å². The molecule has 3 rings (SSSR count). The SMILES string of the molecule is O=C(NC[C@H](O)c1cc(Cl)cc(Cl)c1)c1cnn(-c2ccc(F)cc2)n1. The molecule has 1 amide bonds. The molecule has 9 heteroatoms. The number of nitrogens with zero attached hydrogens (tertiary/aromatic N) is 3. The number of aliphatic hydroxyl groups is 1. The summed E-state index contributed by atoms with van der Waals surface area (Å²) in [6.45, 7) is -0.0566. The number of aliphatic hydroxyl groups excluding tert-OH is 1. The van der Waals surface area contributed by atoms with Crippen molar-refractivity contribution in [2.45, 2.75) is 6.10 Å². The van der Waals surface area contributed by atoms with Crippen LogP contribution < -0.4 is 5.32 Å². The fourth-order valence-corrected chi connectivity index (χ4v) is 2.77. The fraction of sp³-hybridized carbons (Fsp3) is 0.118. The number of amides is 1. The predicted molar refractivity (Wildman–Crippen MR) is 95.1 cm³/mol. The highest BCUT2D eigenvalue weighted by Crippen LogP contribution is 2.23. The summed E-state index contributed by atoms with van der Waals surface area (Å²) >= 11 is 11.8. The van der Waals surface area contributed by atoms with Gasteiger partial charge in [-0.2, -0.15) is 9.90 Å². The van der Waals surface area contributed by atoms with E-state index >= 15 is 0 Å². The van der Waals surface area contributed by atoms with Gasteiger partial charge in [0.2, 0.25) is 0 Å². The average Bonchev–Trinajstić information content (AvgIpc) is 3.09. The Kier molecular flexibility index (Phi) is 5.51. The van der Waals surface area contributed by atoms with Crippen molar-refractivity contribution in [1.82, 2.24) is 20.3 Å². The number of hydrogen-bond acceptors (Lipinski definition) is 4. The molecule has 6 nitrogen and oxygen atoms in total. The minimum Gasteiger partial charge on any atom is -0.387 e. The Morgan fingerprint density at radius 1 is 1.19 bits per heavy atom. The number of aromatic nitrogens is 3. The van der Waals surface area contributed by atoms with Gasteiger partial charge in [0.25, 0.3) is 5.91 Å². The zero-order valence-electron chi connectivity index (χ0n) is 13.2. The predicted octanol–water partition coefficient (Wildman–Crippen LogP) is 3.18. The van der Waals surface area contributed by atoms with E-state index in [-0.39, 0.29) is 18.1 Å². The van der Waals surface area contributed by atoms with E-state index in [9.17, 15) is 14.3 Å². The second-order valence-corrected chi connectivity index (χ2v) is 6.30. The molecule has 3 aromatic rings. The van der Waals surface area contributed by atoms with Crippen molar-refractivity contribution >= 4 is 29.1 Å². The quantitative estimate of drug-likeness (QED) is 0.696. The van der Waals surface area contributed by atoms with Gasteiger partial charge in [-0.25, -0.2) is 4.39 Å². The Morgan fingerprint density at radius 2 is 1.85 bits per heavy atom. The van der Waals surface area contributed by atoms with E-state index in [0.29, 0.717) is 21.3 Å². The molecule has 0 unspecified atom stereocenters. The zero-order valence-corrected chi connectivity index (χ0v) is 14.7. The number of rotatable bonds is 5. The molecule has 2 N–H and O–H groups in total. The number of benzene rings is 2. The van der Waals surface area contributed by atoms with Gasteiger partial charge in [-0.05, 0) is 48.0 Å². The van der Waals surface area contributed by atoms with Crippen LogP contribution in [0.1, 0.15) is 22.2 Å². The lowest BCUT2D eigenvalue weighted by molar-refractivity contribution is 0.0911. The molecular formula is C17H13Cl2FN4O2. The Hall–Kier alpha value is -2.48. The van der Waals surface area contributed by atoms with Crippen LogP contribution in [0.5, 0.6) is 0 Å². The van der Waals surface area contributed by atoms with Crippen LogP contribution in [-0.2, 0) is 0 Å². The van der Waals surface area contributed by atoms with Gasteiger partial charge in [0, 0.05) is 16.6 Å². The van der Waals surface area contributed by atoms with Crippen molar-refractivity contribution in [1.29, 1.82) is 0 Å². The highest BCUT2D eigenvalue weighted by Gasteiger charge is 2.15. The average molecular weight is 395 g/mol. The second-order valence-electron chi connectivity index (χ2n) is 5.42. The van der Waals surface area contributed by atoms with E-state index in [0.717, 1.165) is 0 Å². The summed E-state index contributed by atoms with van der Waals surface area (Å²) < 4.78 is 12.9. The molecule has 0 fully saturated rings. The van der Waals surface area contributed by atoms with Gasteiger partial charge in [-0.1, -0.05) is 23.2 Å². The molecule has 1 atom stereocenters. The Labute approximate surface area is 158 Å². The Bertz CT molecular complexity index is 911. The Balaban J connectivity index is 1.64. The van der Waals surface area contributed by atoms with Crippen LogP contribution in [0.2, 0.25) is 10.0 Å². The molecule has 0 spiro atoms. The number of hydrogen-bond donors (Lipinski definition) is 2. The molecule has 2 aromatic carbocycles. The first-order valence-electron chi connectivity index (χ1n) is 7.53. The monoisotopic (exact) mass is 394 g/mol. The smallest absolute Gasteiger partial charge is 0.273 e. The van der Waals surface area contributed by atoms with E-state index < -0.39 is 12.0 Å². The summed E-state index contributed by atoms with van der Waals surface area (Å²) in [5.74, 6) is -0.889. The highest BCUT2D eigenvalue weighted by atomic mass is 35.5. The summed E-state index contributed by atoms with van der Waals surface area (Å²) in [7, 11) is 0. The maximum atomic E-state index is 12.9. The van der Waals surface area contributed by atoms with Crippen LogP contribution in [0, 0.1) is 5.82 Å². The van der Waals surface area contributed by atoms with Gasteiger partial charge < -0.3 is 10.4 Å². The second kappa shape index (κ2) is 7.82. The van der Waals surface area contributed by atoms with Crippen molar-refractivity contribution in [2.24, 2.45) is 0 Å². The standard InChI is InChI=1S/C17H13Cl2FN4O2/c18-11-5-10(6-12(19)7-11)16(25)9-21-17(26)15-8-22-24(23-15)14-3-1-13(20)2-4-14/h1-8,16,25H,9H2,(H,21,26)/t16-/m0/s1. The fourth-order valence-electron chi connectivity index (χ4n) is 2.23. The molecule has 0 bridgehead atoms. The molecule has 0 saturated heterocycles. The summed E-state index contributed by atoms with van der Waals surface area (Å²) in [6, 6.07) is 10.2. The third-order valence-electron chi connectivity index (χ3n) is 3.51. The third kappa shape index (κ3) is 4.37. The van der Waals surface area contributed by atoms with Crippen LogP contribution in [0.25, 0.3) is 5.69 Å². The number of carbonyl (C=O) groups is 1. The lowest BCUT2D eigenvalue weighted by atomic mass is 10.1. The summed E-state index contributed by atoms with van der Waals surface area (Å²) in [4.78, 5) is 13.4. The van der Waals surface area contributed by atoms with Crippen LogP contribution >= 0.6 is 23.2 Å². The zero-order chi connectivity index (χ0) is 18.7. The number of halogens is 3. The van der Waals surface area contributed by atoms with Crippen LogP contribution in [0.15, 0.2) is 48.7 Å². The van der Waals surface area contributed by atoms with Gasteiger partial charge in [0.05, 0.1) is 18.0 Å². The molecule has 0 radical (unpaired) electrons. The van der Waals surface area contributed by atoms with E-state index in [1.165, 1.54) is 35.3 Å². The van der Waals surface area contributed by atoms with Gasteiger partial charge in [-0.15, -0.1) is 5.10 Å². The van der Waals surface area contributed by atoms with Gasteiger partial charge >= 0.3 is 0 Å². The molecular weight excluding hydrogens is 382 g/mol. The number of carbonyl (C=O) groups excluding carboxylic acids is 1. The summed E-state index contributed by atoms with van der Waals surface area (Å²) in [6.07, 6.45) is 0.295. The molecule has 1 heterocycles. The first-order valence-corrected chi connectivity index (χ1v) is 8.28. The molecule has 1 aromatic heterocycles. The van der Waals surface area contributed by atoms with E-state index in [2.05, 4.69) is 15.5 Å². The van der Waals surface area contributed by atoms with Gasteiger partial charge in [-0.3, -0.25) is 4.79 Å². The minimum absolute atomic E-state index is 0.0566. The largest absolute Gasteiger partial charge is 0.387 e. The van der Waals surface area contributed by atoms with Gasteiger partial charge in [0.15, 0.2) is 5.69 Å². The molecule has 0 aliphatic heterocycles. The van der Waals surface area contributed by atoms with Crippen LogP contribution in [0.3, 0.4) is 0 Å². The van der Waals surface area contributed by atoms with Crippen molar-refractivity contribution in [2.75, 3.05) is 6.54 Å². The lowest BCUT2D eigenvalue weighted by Gasteiger charge is -2.12. The van der Waals surface area contributed by atoms with Crippen molar-refractivity contribution in [3.8, 4) is 5.69 Å². The van der Waals surface area contributed by atoms with Crippen molar-refractivity contribution < 1.29 is 14.3 Å². The highest BCUT2D eigenvalue weighted by molar-refractivity contribution is 6.34. The first kappa shape index (κ1) is 18.3. The molecule has 134 valence electrons. The number of nitrogens with one attached hydrogen (secondary N) is 1. The van der Waals surface area contributed by atoms with E-state index in [4.69, 9.17) is 23.2 Å². The third-order valence-corrected chi connectivity index (χ3v) is 3.94. The van der Waals surface area contributed by atoms with Crippen LogP contribution in [0.4, 0.5) is 4.39 Å². The summed E-state index contributed by atoms with van der Waals surface area (Å²) in [5, 5.41) is 21.5. The lowest BCUT2D eigenvalue weighted by Crippen LogP contribution is -2.28. The minimum atomic E-state index is -0.984. The molecule has 26 heavy (non-hydrogen) atoms.